The summed E-state index contributed by atoms with van der Waals surface area (Å²) in [5.74, 6) is 0.850. The molecule has 0 saturated carbocycles. The molecular formula is C22H23F3N8O2. The van der Waals surface area contributed by atoms with Crippen LogP contribution in [0, 0.1) is 0 Å². The lowest BCUT2D eigenvalue weighted by Crippen LogP contribution is -2.55. The molecule has 0 aromatic carbocycles. The van der Waals surface area contributed by atoms with Gasteiger partial charge in [0.25, 0.3) is 5.91 Å². The van der Waals surface area contributed by atoms with Gasteiger partial charge in [0.2, 0.25) is 5.95 Å². The van der Waals surface area contributed by atoms with Gasteiger partial charge in [0.15, 0.2) is 5.82 Å². The lowest BCUT2D eigenvalue weighted by atomic mass is 10.0. The fourth-order valence-electron chi connectivity index (χ4n) is 4.33. The highest BCUT2D eigenvalue weighted by atomic mass is 19.4. The van der Waals surface area contributed by atoms with Gasteiger partial charge in [-0.25, -0.2) is 4.98 Å². The van der Waals surface area contributed by atoms with Crippen LogP contribution in [0.4, 0.5) is 30.6 Å². The Bertz CT molecular complexity index is 1240. The monoisotopic (exact) mass is 488 g/mol. The van der Waals surface area contributed by atoms with Gasteiger partial charge in [-0.15, -0.1) is 0 Å². The van der Waals surface area contributed by atoms with Gasteiger partial charge >= 0.3 is 6.18 Å². The first kappa shape index (κ1) is 23.0. The number of aromatic nitrogens is 5. The van der Waals surface area contributed by atoms with Crippen LogP contribution in [-0.2, 0) is 30.5 Å². The fourth-order valence-corrected chi connectivity index (χ4v) is 4.33. The van der Waals surface area contributed by atoms with Crippen LogP contribution < -0.4 is 15.1 Å². The summed E-state index contributed by atoms with van der Waals surface area (Å²) in [6.07, 6.45) is 1.66. The Kier molecular flexibility index (Phi) is 5.79. The summed E-state index contributed by atoms with van der Waals surface area (Å²) in [6.45, 7) is 0.926. The van der Waals surface area contributed by atoms with E-state index in [1.54, 1.807) is 33.9 Å². The van der Waals surface area contributed by atoms with Gasteiger partial charge in [-0.2, -0.15) is 23.3 Å². The van der Waals surface area contributed by atoms with Crippen molar-refractivity contribution in [2.45, 2.75) is 38.1 Å². The number of nitrogens with zero attached hydrogens (tertiary/aromatic N) is 7. The Morgan fingerprint density at radius 3 is 2.74 bits per heavy atom. The molecule has 0 radical (unpaired) electrons. The zero-order chi connectivity index (χ0) is 24.7. The number of pyridine rings is 1. The Hall–Kier alpha value is -3.74. The lowest BCUT2D eigenvalue weighted by Gasteiger charge is -2.42. The number of anilines is 3. The Labute approximate surface area is 198 Å². The quantitative estimate of drug-likeness (QED) is 0.541. The van der Waals surface area contributed by atoms with Gasteiger partial charge in [0.1, 0.15) is 17.4 Å². The number of carbonyl (C=O) groups is 1. The topological polar surface area (TPSA) is 112 Å². The first-order valence-corrected chi connectivity index (χ1v) is 11.1. The minimum Gasteiger partial charge on any atom is -0.394 e. The maximum absolute atomic E-state index is 12.7. The van der Waals surface area contributed by atoms with Crippen LogP contribution in [0.3, 0.4) is 0 Å². The molecular weight excluding hydrogens is 465 g/mol. The van der Waals surface area contributed by atoms with Crippen molar-refractivity contribution in [1.29, 1.82) is 0 Å². The second kappa shape index (κ2) is 8.80. The molecule has 10 nitrogen and oxygen atoms in total. The molecule has 2 aliphatic rings. The number of hydrogen-bond acceptors (Lipinski definition) is 8. The highest BCUT2D eigenvalue weighted by molar-refractivity contribution is 6.05. The van der Waals surface area contributed by atoms with E-state index in [1.165, 1.54) is 12.3 Å². The number of aliphatic hydroxyl groups excluding tert-OH is 1. The second-order valence-electron chi connectivity index (χ2n) is 8.52. The molecule has 1 amide bonds. The summed E-state index contributed by atoms with van der Waals surface area (Å²) in [7, 11) is 1.73. The van der Waals surface area contributed by atoms with Crippen LogP contribution in [0.25, 0.3) is 0 Å². The highest BCUT2D eigenvalue weighted by Gasteiger charge is 2.40. The van der Waals surface area contributed by atoms with E-state index >= 15 is 0 Å². The highest BCUT2D eigenvalue weighted by Crippen LogP contribution is 2.39. The molecule has 3 aromatic heterocycles. The Morgan fingerprint density at radius 1 is 1.20 bits per heavy atom. The zero-order valence-electron chi connectivity index (χ0n) is 18.8. The van der Waals surface area contributed by atoms with Crippen molar-refractivity contribution in [3.05, 3.63) is 53.2 Å². The van der Waals surface area contributed by atoms with Gasteiger partial charge in [-0.05, 0) is 24.5 Å². The molecule has 0 aliphatic carbocycles. The predicted molar refractivity (Wildman–Crippen MR) is 120 cm³/mol. The largest absolute Gasteiger partial charge is 0.433 e. The van der Waals surface area contributed by atoms with Crippen molar-refractivity contribution >= 4 is 23.4 Å². The molecule has 2 N–H and O–H groups in total. The van der Waals surface area contributed by atoms with E-state index < -0.39 is 17.9 Å². The SMILES string of the molecule is CN1c2nc(NCc3cnn(Cc4ccc(C(F)(F)F)nc4)c3)nc3c2N(CCC3)C(=O)[C@@H]1CO. The van der Waals surface area contributed by atoms with E-state index in [1.807, 2.05) is 0 Å². The van der Waals surface area contributed by atoms with Gasteiger partial charge in [-0.1, -0.05) is 6.07 Å². The third-order valence-corrected chi connectivity index (χ3v) is 6.13. The zero-order valence-corrected chi connectivity index (χ0v) is 18.8. The molecule has 3 aromatic rings. The number of amides is 1. The number of likely N-dealkylation sites (N-methyl/N-ethyl adjacent to an activating group) is 1. The summed E-state index contributed by atoms with van der Waals surface area (Å²) in [5.41, 5.74) is 1.98. The van der Waals surface area contributed by atoms with Crippen molar-refractivity contribution in [1.82, 2.24) is 24.7 Å². The minimum atomic E-state index is -4.47. The summed E-state index contributed by atoms with van der Waals surface area (Å²) in [4.78, 5) is 28.8. The lowest BCUT2D eigenvalue weighted by molar-refractivity contribution is -0.141. The smallest absolute Gasteiger partial charge is 0.394 e. The van der Waals surface area contributed by atoms with Crippen LogP contribution in [-0.4, -0.2) is 62.0 Å². The summed E-state index contributed by atoms with van der Waals surface area (Å²) >= 11 is 0. The van der Waals surface area contributed by atoms with Crippen molar-refractivity contribution in [2.75, 3.05) is 35.3 Å². The maximum Gasteiger partial charge on any atom is 0.433 e. The number of nitrogens with one attached hydrogen (secondary N) is 1. The van der Waals surface area contributed by atoms with Crippen molar-refractivity contribution in [3.8, 4) is 0 Å². The third kappa shape index (κ3) is 4.38. The molecule has 5 rings (SSSR count). The van der Waals surface area contributed by atoms with Gasteiger partial charge in [0.05, 0.1) is 25.0 Å². The summed E-state index contributed by atoms with van der Waals surface area (Å²) in [6, 6.07) is 1.65. The van der Waals surface area contributed by atoms with Gasteiger partial charge in [-0.3, -0.25) is 14.5 Å². The first-order chi connectivity index (χ1) is 16.7. The van der Waals surface area contributed by atoms with E-state index in [4.69, 9.17) is 0 Å². The number of halogens is 3. The minimum absolute atomic E-state index is 0.150. The standard InChI is InChI=1S/C22H23F3N8O2/c1-31-16(12-34)20(35)33-6-2-3-15-18(33)19(31)30-21(29-15)27-8-14-9-28-32(11-14)10-13-4-5-17(26-7-13)22(23,24)25/h4-5,7,9,11,16,34H,2-3,6,8,10,12H2,1H3,(H,27,29,30)/t16-/m0/s1. The van der Waals surface area contributed by atoms with Gasteiger partial charge in [0, 0.05) is 38.1 Å². The molecule has 0 bridgehead atoms. The van der Waals surface area contributed by atoms with Crippen molar-refractivity contribution < 1.29 is 23.1 Å². The number of alkyl halides is 3. The molecule has 0 spiro atoms. The molecule has 35 heavy (non-hydrogen) atoms. The van der Waals surface area contributed by atoms with Crippen molar-refractivity contribution in [3.63, 3.8) is 0 Å². The van der Waals surface area contributed by atoms with E-state index in [2.05, 4.69) is 25.4 Å². The number of carbonyl (C=O) groups excluding carboxylic acids is 1. The van der Waals surface area contributed by atoms with Crippen LogP contribution in [0.2, 0.25) is 0 Å². The molecule has 0 fully saturated rings. The summed E-state index contributed by atoms with van der Waals surface area (Å²) < 4.78 is 39.7. The number of aryl methyl sites for hydroxylation is 1. The average molecular weight is 488 g/mol. The molecule has 184 valence electrons. The molecule has 2 aliphatic heterocycles. The van der Waals surface area contributed by atoms with E-state index in [-0.39, 0.29) is 19.1 Å². The van der Waals surface area contributed by atoms with Gasteiger partial charge < -0.3 is 20.2 Å². The van der Waals surface area contributed by atoms with E-state index in [0.717, 1.165) is 30.2 Å². The van der Waals surface area contributed by atoms with Crippen LogP contribution in [0.5, 0.6) is 0 Å². The number of aliphatic hydroxyl groups is 1. The first-order valence-electron chi connectivity index (χ1n) is 11.1. The fraction of sp³-hybridized carbons (Fsp3) is 0.409. The summed E-state index contributed by atoms with van der Waals surface area (Å²) in [5, 5.41) is 17.2. The van der Waals surface area contributed by atoms with E-state index in [9.17, 15) is 23.1 Å². The van der Waals surface area contributed by atoms with Crippen LogP contribution in [0.1, 0.15) is 28.9 Å². The second-order valence-corrected chi connectivity index (χ2v) is 8.52. The average Bonchev–Trinajstić information content (AvgIpc) is 3.28. The Morgan fingerprint density at radius 2 is 2.03 bits per heavy atom. The molecule has 0 saturated heterocycles. The molecule has 1 atom stereocenters. The predicted octanol–water partition coefficient (Wildman–Crippen LogP) is 1.84. The normalized spacial score (nSPS) is 17.5. The third-order valence-electron chi connectivity index (χ3n) is 6.13. The van der Waals surface area contributed by atoms with Crippen LogP contribution >= 0.6 is 0 Å². The molecule has 5 heterocycles. The Balaban J connectivity index is 1.29. The van der Waals surface area contributed by atoms with Crippen molar-refractivity contribution in [2.24, 2.45) is 0 Å². The molecule has 0 unspecified atom stereocenters. The number of hydrogen-bond donors (Lipinski definition) is 2. The number of rotatable bonds is 6. The maximum atomic E-state index is 12.7. The van der Waals surface area contributed by atoms with E-state index in [0.29, 0.717) is 36.1 Å². The van der Waals surface area contributed by atoms with Crippen LogP contribution in [0.15, 0.2) is 30.7 Å². The molecule has 13 heteroatoms.